The Morgan fingerprint density at radius 3 is 2.94 bits per heavy atom. The van der Waals surface area contributed by atoms with Crippen molar-refractivity contribution in [3.8, 4) is 5.88 Å². The summed E-state index contributed by atoms with van der Waals surface area (Å²) in [5, 5.41) is 0. The van der Waals surface area contributed by atoms with E-state index in [-0.39, 0.29) is 5.78 Å². The van der Waals surface area contributed by atoms with Crippen LogP contribution < -0.4 is 4.74 Å². The Labute approximate surface area is 108 Å². The zero-order valence-corrected chi connectivity index (χ0v) is 10.8. The lowest BCUT2D eigenvalue weighted by Gasteiger charge is -2.05. The molecule has 18 heavy (non-hydrogen) atoms. The van der Waals surface area contributed by atoms with Gasteiger partial charge >= 0.3 is 0 Å². The van der Waals surface area contributed by atoms with Gasteiger partial charge < -0.3 is 4.74 Å². The molecule has 1 aromatic heterocycles. The number of carbonyl (C=O) groups excluding carboxylic acids is 1. The molecule has 1 aliphatic rings. The number of aromatic nitrogens is 1. The van der Waals surface area contributed by atoms with Gasteiger partial charge in [0.1, 0.15) is 0 Å². The highest BCUT2D eigenvalue weighted by atomic mass is 16.5. The summed E-state index contributed by atoms with van der Waals surface area (Å²) in [4.78, 5) is 16.3. The maximum Gasteiger partial charge on any atom is 0.212 e. The van der Waals surface area contributed by atoms with Crippen molar-refractivity contribution in [3.63, 3.8) is 0 Å². The van der Waals surface area contributed by atoms with Crippen LogP contribution in [-0.4, -0.2) is 17.9 Å². The average Bonchev–Trinajstić information content (AvgIpc) is 2.68. The molecule has 0 aliphatic heterocycles. The maximum atomic E-state index is 12.1. The third-order valence-corrected chi connectivity index (χ3v) is 3.27. The highest BCUT2D eigenvalue weighted by Crippen LogP contribution is 2.19. The van der Waals surface area contributed by atoms with Crippen LogP contribution in [0.25, 0.3) is 0 Å². The van der Waals surface area contributed by atoms with E-state index in [1.165, 1.54) is 12.8 Å². The SMILES string of the molecule is COc1ccc(CC(=O)C2=CCCCCC2)cn1. The molecular weight excluding hydrogens is 226 g/mol. The highest BCUT2D eigenvalue weighted by Gasteiger charge is 2.12. The van der Waals surface area contributed by atoms with Crippen LogP contribution in [0.4, 0.5) is 0 Å². The number of rotatable bonds is 4. The number of methoxy groups -OCH3 is 1. The second-order valence-electron chi connectivity index (χ2n) is 4.64. The molecule has 96 valence electrons. The molecule has 3 nitrogen and oxygen atoms in total. The van der Waals surface area contributed by atoms with Crippen LogP contribution in [0.3, 0.4) is 0 Å². The first-order valence-electron chi connectivity index (χ1n) is 6.51. The predicted molar refractivity (Wildman–Crippen MR) is 70.7 cm³/mol. The molecule has 0 aromatic carbocycles. The summed E-state index contributed by atoms with van der Waals surface area (Å²) in [7, 11) is 1.59. The van der Waals surface area contributed by atoms with E-state index < -0.39 is 0 Å². The van der Waals surface area contributed by atoms with Crippen molar-refractivity contribution in [2.75, 3.05) is 7.11 Å². The van der Waals surface area contributed by atoms with E-state index in [1.807, 2.05) is 6.07 Å². The van der Waals surface area contributed by atoms with Crippen LogP contribution in [0.2, 0.25) is 0 Å². The summed E-state index contributed by atoms with van der Waals surface area (Å²) in [5.41, 5.74) is 1.95. The first-order chi connectivity index (χ1) is 8.79. The van der Waals surface area contributed by atoms with Crippen LogP contribution in [0.5, 0.6) is 5.88 Å². The Kier molecular flexibility index (Phi) is 4.51. The minimum Gasteiger partial charge on any atom is -0.481 e. The topological polar surface area (TPSA) is 39.2 Å². The Balaban J connectivity index is 1.99. The fourth-order valence-corrected chi connectivity index (χ4v) is 2.20. The van der Waals surface area contributed by atoms with Crippen LogP contribution >= 0.6 is 0 Å². The molecule has 1 aromatic rings. The molecule has 0 saturated carbocycles. The number of nitrogens with zero attached hydrogens (tertiary/aromatic N) is 1. The molecule has 0 atom stereocenters. The van der Waals surface area contributed by atoms with Gasteiger partial charge in [-0.25, -0.2) is 4.98 Å². The molecule has 1 heterocycles. The standard InChI is InChI=1S/C15H19NO2/c1-18-15-9-8-12(11-16-15)10-14(17)13-6-4-2-3-5-7-13/h6,8-9,11H,2-5,7,10H2,1H3. The van der Waals surface area contributed by atoms with Gasteiger partial charge in [0, 0.05) is 18.7 Å². The zero-order valence-electron chi connectivity index (χ0n) is 10.8. The summed E-state index contributed by atoms with van der Waals surface area (Å²) in [5.74, 6) is 0.823. The Bertz CT molecular complexity index is 434. The zero-order chi connectivity index (χ0) is 12.8. The Morgan fingerprint density at radius 1 is 1.33 bits per heavy atom. The lowest BCUT2D eigenvalue weighted by atomic mass is 10.0. The van der Waals surface area contributed by atoms with Crippen molar-refractivity contribution in [2.45, 2.75) is 38.5 Å². The summed E-state index contributed by atoms with van der Waals surface area (Å²) in [6.45, 7) is 0. The molecule has 0 fully saturated rings. The minimum atomic E-state index is 0.240. The largest absolute Gasteiger partial charge is 0.481 e. The van der Waals surface area contributed by atoms with Gasteiger partial charge in [0.15, 0.2) is 5.78 Å². The number of allylic oxidation sites excluding steroid dienone is 2. The van der Waals surface area contributed by atoms with Crippen LogP contribution in [-0.2, 0) is 11.2 Å². The molecule has 2 rings (SSSR count). The van der Waals surface area contributed by atoms with Crippen molar-refractivity contribution in [1.29, 1.82) is 0 Å². The molecule has 0 radical (unpaired) electrons. The van der Waals surface area contributed by atoms with Crippen molar-refractivity contribution < 1.29 is 9.53 Å². The highest BCUT2D eigenvalue weighted by molar-refractivity contribution is 5.96. The summed E-state index contributed by atoms with van der Waals surface area (Å²) in [6.07, 6.45) is 9.84. The van der Waals surface area contributed by atoms with Crippen LogP contribution in [0.15, 0.2) is 30.0 Å². The third kappa shape index (κ3) is 3.42. The van der Waals surface area contributed by atoms with Crippen molar-refractivity contribution in [2.24, 2.45) is 0 Å². The molecule has 0 amide bonds. The van der Waals surface area contributed by atoms with Gasteiger partial charge in [-0.2, -0.15) is 0 Å². The normalized spacial score (nSPS) is 15.7. The molecule has 0 N–H and O–H groups in total. The van der Waals surface area contributed by atoms with E-state index in [2.05, 4.69) is 11.1 Å². The van der Waals surface area contributed by atoms with Gasteiger partial charge in [-0.1, -0.05) is 18.6 Å². The van der Waals surface area contributed by atoms with Gasteiger partial charge in [0.25, 0.3) is 0 Å². The van der Waals surface area contributed by atoms with Gasteiger partial charge in [-0.3, -0.25) is 4.79 Å². The Hall–Kier alpha value is -1.64. The smallest absolute Gasteiger partial charge is 0.212 e. The molecule has 0 saturated heterocycles. The minimum absolute atomic E-state index is 0.240. The maximum absolute atomic E-state index is 12.1. The Morgan fingerprint density at radius 2 is 2.22 bits per heavy atom. The fraction of sp³-hybridized carbons (Fsp3) is 0.467. The van der Waals surface area contributed by atoms with Gasteiger partial charge in [-0.05, 0) is 36.8 Å². The number of hydrogen-bond donors (Lipinski definition) is 0. The molecule has 1 aliphatic carbocycles. The second-order valence-corrected chi connectivity index (χ2v) is 4.64. The van der Waals surface area contributed by atoms with E-state index in [0.717, 1.165) is 30.4 Å². The third-order valence-electron chi connectivity index (χ3n) is 3.27. The first kappa shape index (κ1) is 12.8. The van der Waals surface area contributed by atoms with E-state index in [0.29, 0.717) is 12.3 Å². The first-order valence-corrected chi connectivity index (χ1v) is 6.51. The number of ether oxygens (including phenoxy) is 1. The summed E-state index contributed by atoms with van der Waals surface area (Å²) in [6, 6.07) is 3.70. The monoisotopic (exact) mass is 245 g/mol. The molecule has 0 bridgehead atoms. The summed E-state index contributed by atoms with van der Waals surface area (Å²) < 4.78 is 5.00. The number of Topliss-reactive ketones (excluding diaryl/α,β-unsaturated/α-hetero) is 1. The number of carbonyl (C=O) groups is 1. The van der Waals surface area contributed by atoms with Gasteiger partial charge in [-0.15, -0.1) is 0 Å². The molecule has 0 unspecified atom stereocenters. The van der Waals surface area contributed by atoms with E-state index >= 15 is 0 Å². The fourth-order valence-electron chi connectivity index (χ4n) is 2.20. The molecule has 0 spiro atoms. The van der Waals surface area contributed by atoms with E-state index in [9.17, 15) is 4.79 Å². The predicted octanol–water partition coefficient (Wildman–Crippen LogP) is 3.09. The van der Waals surface area contributed by atoms with Gasteiger partial charge in [0.05, 0.1) is 7.11 Å². The lowest BCUT2D eigenvalue weighted by molar-refractivity contribution is -0.115. The van der Waals surface area contributed by atoms with Crippen LogP contribution in [0.1, 0.15) is 37.7 Å². The average molecular weight is 245 g/mol. The van der Waals surface area contributed by atoms with Crippen molar-refractivity contribution in [3.05, 3.63) is 35.5 Å². The number of hydrogen-bond acceptors (Lipinski definition) is 3. The number of pyridine rings is 1. The second kappa shape index (κ2) is 6.34. The quantitative estimate of drug-likeness (QED) is 0.818. The number of ketones is 1. The van der Waals surface area contributed by atoms with E-state index in [4.69, 9.17) is 4.74 Å². The molecule has 3 heteroatoms. The molecular formula is C15H19NO2. The van der Waals surface area contributed by atoms with Crippen molar-refractivity contribution in [1.82, 2.24) is 4.98 Å². The van der Waals surface area contributed by atoms with Gasteiger partial charge in [0.2, 0.25) is 5.88 Å². The van der Waals surface area contributed by atoms with E-state index in [1.54, 1.807) is 19.4 Å². The summed E-state index contributed by atoms with van der Waals surface area (Å²) >= 11 is 0. The lowest BCUT2D eigenvalue weighted by Crippen LogP contribution is -2.06. The van der Waals surface area contributed by atoms with Crippen molar-refractivity contribution >= 4 is 5.78 Å². The van der Waals surface area contributed by atoms with Crippen LogP contribution in [0, 0.1) is 0 Å².